The summed E-state index contributed by atoms with van der Waals surface area (Å²) in [6.07, 6.45) is 0.910. The molecule has 0 bridgehead atoms. The predicted molar refractivity (Wildman–Crippen MR) is 95.5 cm³/mol. The molecular formula is C19H19NO4S. The molecule has 0 aliphatic carbocycles. The van der Waals surface area contributed by atoms with Gasteiger partial charge in [0.15, 0.2) is 0 Å². The Kier molecular flexibility index (Phi) is 5.85. The molecule has 0 amide bonds. The lowest BCUT2D eigenvalue weighted by atomic mass is 10.3. The first-order chi connectivity index (χ1) is 12.2. The third-order valence-electron chi connectivity index (χ3n) is 3.53. The highest BCUT2D eigenvalue weighted by Gasteiger charge is 2.14. The van der Waals surface area contributed by atoms with Crippen molar-refractivity contribution in [3.05, 3.63) is 59.3 Å². The smallest absolute Gasteiger partial charge is 0.306 e. The summed E-state index contributed by atoms with van der Waals surface area (Å²) in [4.78, 5) is 17.2. The normalized spacial score (nSPS) is 10.6. The maximum Gasteiger partial charge on any atom is 0.306 e. The van der Waals surface area contributed by atoms with E-state index in [9.17, 15) is 4.79 Å². The number of carbonyl (C=O) groups excluding carboxylic acids is 1. The van der Waals surface area contributed by atoms with Gasteiger partial charge in [0.25, 0.3) is 0 Å². The largest absolute Gasteiger partial charge is 0.494 e. The summed E-state index contributed by atoms with van der Waals surface area (Å²) in [6.45, 7) is 2.42. The fraction of sp³-hybridized carbons (Fsp3) is 0.263. The molecule has 0 saturated heterocycles. The van der Waals surface area contributed by atoms with E-state index in [2.05, 4.69) is 4.98 Å². The first kappa shape index (κ1) is 17.2. The standard InChI is InChI=1S/C19H19NO4S/c1-14-16(20-19(24-14)17-9-6-12-25-17)13-23-18(21)10-5-11-22-15-7-3-2-4-8-15/h2-4,6-9,12H,5,10-11,13H2,1H3. The minimum absolute atomic E-state index is 0.124. The number of aryl methyl sites for hydroxylation is 1. The van der Waals surface area contributed by atoms with Gasteiger partial charge in [0, 0.05) is 6.42 Å². The van der Waals surface area contributed by atoms with E-state index in [0.29, 0.717) is 36.8 Å². The predicted octanol–water partition coefficient (Wildman–Crippen LogP) is 4.61. The molecule has 1 aromatic carbocycles. The van der Waals surface area contributed by atoms with Crippen LogP contribution in [0.15, 0.2) is 52.3 Å². The summed E-state index contributed by atoms with van der Waals surface area (Å²) in [5, 5.41) is 1.96. The lowest BCUT2D eigenvalue weighted by Gasteiger charge is -2.06. The van der Waals surface area contributed by atoms with Gasteiger partial charge >= 0.3 is 5.97 Å². The third-order valence-corrected chi connectivity index (χ3v) is 4.39. The van der Waals surface area contributed by atoms with Gasteiger partial charge in [-0.15, -0.1) is 11.3 Å². The topological polar surface area (TPSA) is 61.6 Å². The molecule has 2 heterocycles. The number of benzene rings is 1. The van der Waals surface area contributed by atoms with E-state index >= 15 is 0 Å². The van der Waals surface area contributed by atoms with Gasteiger partial charge in [0.1, 0.15) is 23.8 Å². The summed E-state index contributed by atoms with van der Waals surface area (Å²) in [5.74, 6) is 1.77. The highest BCUT2D eigenvalue weighted by molar-refractivity contribution is 7.13. The molecule has 0 fully saturated rings. The first-order valence-corrected chi connectivity index (χ1v) is 8.94. The van der Waals surface area contributed by atoms with Crippen LogP contribution in [0.3, 0.4) is 0 Å². The van der Waals surface area contributed by atoms with Crippen molar-refractivity contribution < 1.29 is 18.7 Å². The molecule has 25 heavy (non-hydrogen) atoms. The van der Waals surface area contributed by atoms with Crippen LogP contribution in [0, 0.1) is 6.92 Å². The quantitative estimate of drug-likeness (QED) is 0.435. The summed E-state index contributed by atoms with van der Waals surface area (Å²) in [5.41, 5.74) is 0.650. The average molecular weight is 357 g/mol. The van der Waals surface area contributed by atoms with E-state index in [1.54, 1.807) is 11.3 Å². The van der Waals surface area contributed by atoms with Gasteiger partial charge in [0.2, 0.25) is 5.89 Å². The maximum atomic E-state index is 11.8. The number of nitrogens with zero attached hydrogens (tertiary/aromatic N) is 1. The fourth-order valence-corrected chi connectivity index (χ4v) is 2.86. The van der Waals surface area contributed by atoms with Crippen molar-refractivity contribution in [1.82, 2.24) is 4.98 Å². The van der Waals surface area contributed by atoms with E-state index in [1.165, 1.54) is 0 Å². The van der Waals surface area contributed by atoms with Gasteiger partial charge in [-0.3, -0.25) is 4.79 Å². The Morgan fingerprint density at radius 2 is 2.04 bits per heavy atom. The number of thiophene rings is 1. The van der Waals surface area contributed by atoms with Crippen molar-refractivity contribution in [3.8, 4) is 16.5 Å². The Morgan fingerprint density at radius 1 is 1.20 bits per heavy atom. The molecule has 3 aromatic rings. The van der Waals surface area contributed by atoms with Crippen LogP contribution < -0.4 is 4.74 Å². The van der Waals surface area contributed by atoms with Gasteiger partial charge in [-0.2, -0.15) is 0 Å². The molecule has 0 N–H and O–H groups in total. The highest BCUT2D eigenvalue weighted by Crippen LogP contribution is 2.26. The highest BCUT2D eigenvalue weighted by atomic mass is 32.1. The Hall–Kier alpha value is -2.60. The van der Waals surface area contributed by atoms with Crippen LogP contribution in [0.1, 0.15) is 24.3 Å². The van der Waals surface area contributed by atoms with E-state index in [4.69, 9.17) is 13.9 Å². The molecule has 2 aromatic heterocycles. The SMILES string of the molecule is Cc1oc(-c2cccs2)nc1COC(=O)CCCOc1ccccc1. The third kappa shape index (κ3) is 4.93. The number of hydrogen-bond donors (Lipinski definition) is 0. The molecule has 0 atom stereocenters. The van der Waals surface area contributed by atoms with Crippen LogP contribution in [0.5, 0.6) is 5.75 Å². The second-order valence-corrected chi connectivity index (χ2v) is 6.37. The number of esters is 1. The summed E-state index contributed by atoms with van der Waals surface area (Å²) >= 11 is 1.56. The first-order valence-electron chi connectivity index (χ1n) is 8.06. The van der Waals surface area contributed by atoms with Gasteiger partial charge in [-0.05, 0) is 36.9 Å². The molecule has 0 spiro atoms. The molecule has 5 nitrogen and oxygen atoms in total. The molecule has 0 saturated carbocycles. The van der Waals surface area contributed by atoms with Gasteiger partial charge in [-0.1, -0.05) is 24.3 Å². The number of rotatable bonds is 8. The lowest BCUT2D eigenvalue weighted by molar-refractivity contribution is -0.145. The summed E-state index contributed by atoms with van der Waals surface area (Å²) in [7, 11) is 0. The number of carbonyl (C=O) groups is 1. The van der Waals surface area contributed by atoms with Crippen molar-refractivity contribution >= 4 is 17.3 Å². The van der Waals surface area contributed by atoms with Crippen LogP contribution in [-0.2, 0) is 16.1 Å². The number of para-hydroxylation sites is 1. The Balaban J connectivity index is 1.40. The van der Waals surface area contributed by atoms with E-state index in [1.807, 2.05) is 54.8 Å². The monoisotopic (exact) mass is 357 g/mol. The van der Waals surface area contributed by atoms with E-state index < -0.39 is 0 Å². The van der Waals surface area contributed by atoms with Crippen LogP contribution in [0.4, 0.5) is 0 Å². The van der Waals surface area contributed by atoms with Crippen molar-refractivity contribution in [2.75, 3.05) is 6.61 Å². The lowest BCUT2D eigenvalue weighted by Crippen LogP contribution is -2.08. The van der Waals surface area contributed by atoms with Gasteiger partial charge < -0.3 is 13.9 Å². The molecule has 0 unspecified atom stereocenters. The van der Waals surface area contributed by atoms with Crippen molar-refractivity contribution in [2.45, 2.75) is 26.4 Å². The number of ether oxygens (including phenoxy) is 2. The number of oxazole rings is 1. The Bertz CT molecular complexity index is 796. The molecule has 0 aliphatic heterocycles. The fourth-order valence-electron chi connectivity index (χ4n) is 2.21. The van der Waals surface area contributed by atoms with Crippen molar-refractivity contribution in [3.63, 3.8) is 0 Å². The zero-order chi connectivity index (χ0) is 17.5. The van der Waals surface area contributed by atoms with Gasteiger partial charge in [0.05, 0.1) is 11.5 Å². The molecule has 3 rings (SSSR count). The Labute approximate surface area is 150 Å². The zero-order valence-electron chi connectivity index (χ0n) is 13.9. The minimum atomic E-state index is -0.267. The summed E-state index contributed by atoms with van der Waals surface area (Å²) in [6, 6.07) is 13.4. The van der Waals surface area contributed by atoms with Crippen molar-refractivity contribution in [1.29, 1.82) is 0 Å². The van der Waals surface area contributed by atoms with Crippen LogP contribution in [0.2, 0.25) is 0 Å². The van der Waals surface area contributed by atoms with Crippen LogP contribution in [-0.4, -0.2) is 17.6 Å². The van der Waals surface area contributed by atoms with Crippen LogP contribution in [0.25, 0.3) is 10.8 Å². The van der Waals surface area contributed by atoms with E-state index in [-0.39, 0.29) is 12.6 Å². The maximum absolute atomic E-state index is 11.8. The van der Waals surface area contributed by atoms with E-state index in [0.717, 1.165) is 10.6 Å². The number of aromatic nitrogens is 1. The molecular weight excluding hydrogens is 338 g/mol. The minimum Gasteiger partial charge on any atom is -0.494 e. The molecule has 130 valence electrons. The van der Waals surface area contributed by atoms with Crippen LogP contribution >= 0.6 is 11.3 Å². The molecule has 0 radical (unpaired) electrons. The van der Waals surface area contributed by atoms with Crippen molar-refractivity contribution in [2.24, 2.45) is 0 Å². The second kappa shape index (κ2) is 8.48. The Morgan fingerprint density at radius 3 is 2.80 bits per heavy atom. The second-order valence-electron chi connectivity index (χ2n) is 5.42. The average Bonchev–Trinajstić information content (AvgIpc) is 3.27. The zero-order valence-corrected chi connectivity index (χ0v) is 14.8. The molecule has 6 heteroatoms. The van der Waals surface area contributed by atoms with Gasteiger partial charge in [-0.25, -0.2) is 4.98 Å². The number of hydrogen-bond acceptors (Lipinski definition) is 6. The molecule has 0 aliphatic rings. The summed E-state index contributed by atoms with van der Waals surface area (Å²) < 4.78 is 16.5.